The molecule has 2 amide bonds. The molecule has 174 valence electrons. The van der Waals surface area contributed by atoms with Crippen molar-refractivity contribution in [1.29, 1.82) is 0 Å². The molecule has 0 saturated heterocycles. The number of nitrogens with zero attached hydrogens (tertiary/aromatic N) is 2. The number of Topliss-reactive ketones (excluding diaryl/α,β-unsaturated/α-hetero) is 1. The molecule has 0 aromatic heterocycles. The van der Waals surface area contributed by atoms with Crippen LogP contribution in [0.4, 0.5) is 10.5 Å². The minimum absolute atomic E-state index is 0.00643. The third kappa shape index (κ3) is 5.01. The summed E-state index contributed by atoms with van der Waals surface area (Å²) in [4.78, 5) is 39.4. The van der Waals surface area contributed by atoms with Gasteiger partial charge in [-0.15, -0.1) is 0 Å². The number of hydrogen-bond donors (Lipinski definition) is 3. The van der Waals surface area contributed by atoms with E-state index in [9.17, 15) is 29.7 Å². The fraction of sp³-hybridized carbons (Fsp3) is 0.400. The maximum Gasteiger partial charge on any atom is 0.407 e. The van der Waals surface area contributed by atoms with Gasteiger partial charge in [-0.1, -0.05) is 12.1 Å². The number of carbonyl (C=O) groups is 3. The van der Waals surface area contributed by atoms with E-state index >= 15 is 0 Å². The first-order valence-electron chi connectivity index (χ1n) is 11.3. The SMILES string of the molecule is O=C(CCCCN(CC(O)c1cccc(O)c1)C(=O)O)c1cc2c3c(c1)CCN3C(=O)CC2. The van der Waals surface area contributed by atoms with Crippen LogP contribution in [-0.4, -0.2) is 57.6 Å². The van der Waals surface area contributed by atoms with Crippen molar-refractivity contribution in [2.24, 2.45) is 0 Å². The van der Waals surface area contributed by atoms with E-state index in [2.05, 4.69) is 0 Å². The van der Waals surface area contributed by atoms with Crippen molar-refractivity contribution in [3.8, 4) is 5.75 Å². The van der Waals surface area contributed by atoms with E-state index in [0.29, 0.717) is 49.8 Å². The quantitative estimate of drug-likeness (QED) is 0.397. The molecule has 1 atom stereocenters. The van der Waals surface area contributed by atoms with Gasteiger partial charge in [0.15, 0.2) is 5.78 Å². The highest BCUT2D eigenvalue weighted by atomic mass is 16.4. The first-order valence-corrected chi connectivity index (χ1v) is 11.3. The second-order valence-electron chi connectivity index (χ2n) is 8.66. The predicted octanol–water partition coefficient (Wildman–Crippen LogP) is 3.29. The van der Waals surface area contributed by atoms with Gasteiger partial charge in [0.25, 0.3) is 0 Å². The highest BCUT2D eigenvalue weighted by Crippen LogP contribution is 2.37. The number of benzene rings is 2. The van der Waals surface area contributed by atoms with Gasteiger partial charge in [0, 0.05) is 31.5 Å². The molecular weight excluding hydrogens is 424 g/mol. The second kappa shape index (κ2) is 9.62. The molecule has 8 nitrogen and oxygen atoms in total. The number of aromatic hydroxyl groups is 1. The summed E-state index contributed by atoms with van der Waals surface area (Å²) in [6.07, 6.45) is 1.04. The summed E-state index contributed by atoms with van der Waals surface area (Å²) in [5.41, 5.74) is 4.21. The lowest BCUT2D eigenvalue weighted by atomic mass is 9.94. The number of hydrogen-bond acceptors (Lipinski definition) is 5. The number of phenolic OH excluding ortho intramolecular Hbond substituents is 1. The van der Waals surface area contributed by atoms with Gasteiger partial charge in [-0.2, -0.15) is 0 Å². The van der Waals surface area contributed by atoms with Crippen LogP contribution in [0.2, 0.25) is 0 Å². The van der Waals surface area contributed by atoms with Crippen LogP contribution in [0.15, 0.2) is 36.4 Å². The van der Waals surface area contributed by atoms with Crippen molar-refractivity contribution in [2.45, 2.75) is 44.6 Å². The van der Waals surface area contributed by atoms with Gasteiger partial charge >= 0.3 is 6.09 Å². The van der Waals surface area contributed by atoms with Gasteiger partial charge in [0.2, 0.25) is 5.91 Å². The smallest absolute Gasteiger partial charge is 0.407 e. The monoisotopic (exact) mass is 452 g/mol. The summed E-state index contributed by atoms with van der Waals surface area (Å²) in [7, 11) is 0. The van der Waals surface area contributed by atoms with Crippen LogP contribution in [0.1, 0.15) is 58.8 Å². The van der Waals surface area contributed by atoms with Crippen molar-refractivity contribution in [1.82, 2.24) is 4.90 Å². The van der Waals surface area contributed by atoms with Crippen molar-refractivity contribution in [2.75, 3.05) is 24.5 Å². The Morgan fingerprint density at radius 2 is 1.82 bits per heavy atom. The Morgan fingerprint density at radius 3 is 2.55 bits per heavy atom. The molecule has 0 aliphatic carbocycles. The maximum absolute atomic E-state index is 12.8. The molecule has 0 spiro atoms. The van der Waals surface area contributed by atoms with E-state index in [1.165, 1.54) is 12.1 Å². The third-order valence-electron chi connectivity index (χ3n) is 6.37. The molecule has 8 heteroatoms. The van der Waals surface area contributed by atoms with E-state index in [0.717, 1.165) is 28.1 Å². The van der Waals surface area contributed by atoms with Crippen LogP contribution < -0.4 is 4.90 Å². The molecule has 2 aromatic carbocycles. The molecule has 0 saturated carbocycles. The number of amides is 2. The van der Waals surface area contributed by atoms with Crippen LogP contribution >= 0.6 is 0 Å². The van der Waals surface area contributed by atoms with E-state index in [4.69, 9.17) is 0 Å². The van der Waals surface area contributed by atoms with Gasteiger partial charge < -0.3 is 25.1 Å². The Labute approximate surface area is 192 Å². The summed E-state index contributed by atoms with van der Waals surface area (Å²) >= 11 is 0. The highest BCUT2D eigenvalue weighted by molar-refractivity contribution is 6.02. The van der Waals surface area contributed by atoms with E-state index in [1.807, 2.05) is 17.0 Å². The first kappa shape index (κ1) is 22.8. The molecule has 4 rings (SSSR count). The Balaban J connectivity index is 1.30. The van der Waals surface area contributed by atoms with Gasteiger partial charge in [0.05, 0.1) is 18.3 Å². The zero-order valence-electron chi connectivity index (χ0n) is 18.4. The van der Waals surface area contributed by atoms with Crippen LogP contribution in [0.5, 0.6) is 5.75 Å². The standard InChI is InChI=1S/C25H28N2O6/c28-20-5-3-4-16(14-20)22(30)15-26(25(32)33)10-2-1-6-21(29)19-12-17-7-8-23(31)27-11-9-18(13-19)24(17)27/h3-5,12-14,22,28,30H,1-2,6-11,15H2,(H,32,33). The van der Waals surface area contributed by atoms with Crippen LogP contribution in [0, 0.1) is 0 Å². The van der Waals surface area contributed by atoms with Crippen LogP contribution in [-0.2, 0) is 17.6 Å². The normalized spacial score (nSPS) is 15.3. The summed E-state index contributed by atoms with van der Waals surface area (Å²) in [6, 6.07) is 9.90. The number of ketones is 1. The first-order chi connectivity index (χ1) is 15.8. The number of aryl methyl sites for hydroxylation is 1. The topological polar surface area (TPSA) is 118 Å². The minimum atomic E-state index is -1.14. The predicted molar refractivity (Wildman–Crippen MR) is 122 cm³/mol. The summed E-state index contributed by atoms with van der Waals surface area (Å²) in [5, 5.41) is 29.3. The number of carbonyl (C=O) groups excluding carboxylic acids is 2. The summed E-state index contributed by atoms with van der Waals surface area (Å²) in [6.45, 7) is 0.763. The molecule has 2 aromatic rings. The zero-order chi connectivity index (χ0) is 23.5. The molecule has 0 bridgehead atoms. The average Bonchev–Trinajstić information content (AvgIpc) is 3.23. The fourth-order valence-electron chi connectivity index (χ4n) is 4.66. The van der Waals surface area contributed by atoms with Gasteiger partial charge in [-0.05, 0) is 66.6 Å². The average molecular weight is 453 g/mol. The van der Waals surface area contributed by atoms with Gasteiger partial charge in [0.1, 0.15) is 5.75 Å². The molecule has 1 unspecified atom stereocenters. The van der Waals surface area contributed by atoms with Gasteiger partial charge in [-0.25, -0.2) is 4.79 Å². The molecule has 2 heterocycles. The van der Waals surface area contributed by atoms with E-state index in [-0.39, 0.29) is 30.5 Å². The van der Waals surface area contributed by atoms with E-state index in [1.54, 1.807) is 12.1 Å². The summed E-state index contributed by atoms with van der Waals surface area (Å²) < 4.78 is 0. The molecule has 0 radical (unpaired) electrons. The minimum Gasteiger partial charge on any atom is -0.508 e. The molecule has 33 heavy (non-hydrogen) atoms. The lowest BCUT2D eigenvalue weighted by Crippen LogP contribution is -2.34. The highest BCUT2D eigenvalue weighted by Gasteiger charge is 2.32. The number of aliphatic hydroxyl groups is 1. The zero-order valence-corrected chi connectivity index (χ0v) is 18.4. The van der Waals surface area contributed by atoms with Gasteiger partial charge in [-0.3, -0.25) is 9.59 Å². The molecular formula is C25H28N2O6. The number of aliphatic hydroxyl groups excluding tert-OH is 1. The lowest BCUT2D eigenvalue weighted by Gasteiger charge is -2.25. The third-order valence-corrected chi connectivity index (χ3v) is 6.37. The van der Waals surface area contributed by atoms with Crippen molar-refractivity contribution in [3.05, 3.63) is 58.7 Å². The Hall–Kier alpha value is -3.39. The molecule has 0 fully saturated rings. The molecule has 2 aliphatic rings. The number of anilines is 1. The van der Waals surface area contributed by atoms with Crippen LogP contribution in [0.3, 0.4) is 0 Å². The lowest BCUT2D eigenvalue weighted by molar-refractivity contribution is -0.118. The van der Waals surface area contributed by atoms with Crippen molar-refractivity contribution < 1.29 is 29.7 Å². The summed E-state index contributed by atoms with van der Waals surface area (Å²) in [5.74, 6) is 0.176. The number of unbranched alkanes of at least 4 members (excludes halogenated alkanes) is 1. The Morgan fingerprint density at radius 1 is 1.06 bits per heavy atom. The Bertz CT molecular complexity index is 1080. The molecule has 3 N–H and O–H groups in total. The number of rotatable bonds is 9. The Kier molecular flexibility index (Phi) is 6.65. The largest absolute Gasteiger partial charge is 0.508 e. The fourth-order valence-corrected chi connectivity index (χ4v) is 4.66. The molecule has 2 aliphatic heterocycles. The number of carboxylic acid groups (broad SMARTS) is 1. The second-order valence-corrected chi connectivity index (χ2v) is 8.66. The van der Waals surface area contributed by atoms with Crippen molar-refractivity contribution >= 4 is 23.5 Å². The number of phenols is 1. The van der Waals surface area contributed by atoms with E-state index < -0.39 is 12.2 Å². The van der Waals surface area contributed by atoms with Crippen LogP contribution in [0.25, 0.3) is 0 Å². The van der Waals surface area contributed by atoms with Crippen molar-refractivity contribution in [3.63, 3.8) is 0 Å². The maximum atomic E-state index is 12.8.